The van der Waals surface area contributed by atoms with E-state index in [0.717, 1.165) is 12.2 Å². The van der Waals surface area contributed by atoms with Crippen LogP contribution in [0.2, 0.25) is 0 Å². The molecule has 0 aliphatic carbocycles. The minimum atomic E-state index is -1.26. The van der Waals surface area contributed by atoms with E-state index in [1.807, 2.05) is 0 Å². The van der Waals surface area contributed by atoms with Crippen LogP contribution in [0.1, 0.15) is 66.7 Å². The highest BCUT2D eigenvalue weighted by Gasteiger charge is 2.16. The number of allylic oxidation sites excluding steroid dienone is 4. The Hall–Kier alpha value is -8.48. The first-order valence-corrected chi connectivity index (χ1v) is 21.6. The summed E-state index contributed by atoms with van der Waals surface area (Å²) in [6.07, 6.45) is 4.63. The fourth-order valence-corrected chi connectivity index (χ4v) is 5.42. The number of carbonyl (C=O) groups is 8. The molecular formula is C53H56O18. The number of ether oxygens (including phenoxy) is 9. The predicted molar refractivity (Wildman–Crippen MR) is 259 cm³/mol. The predicted octanol–water partition coefficient (Wildman–Crippen LogP) is 8.06. The molecule has 4 rings (SSSR count). The molecule has 0 spiro atoms. The van der Waals surface area contributed by atoms with Gasteiger partial charge < -0.3 is 47.7 Å². The van der Waals surface area contributed by atoms with E-state index in [1.54, 1.807) is 80.6 Å². The Morgan fingerprint density at radius 1 is 0.563 bits per heavy atom. The third-order valence-corrected chi connectivity index (χ3v) is 8.91. The molecule has 1 N–H and O–H groups in total. The lowest BCUT2D eigenvalue weighted by atomic mass is 10.1. The molecule has 4 aromatic rings. The van der Waals surface area contributed by atoms with Crippen LogP contribution in [0.15, 0.2) is 148 Å². The Labute approximate surface area is 410 Å². The van der Waals surface area contributed by atoms with Crippen LogP contribution in [0.4, 0.5) is 0 Å². The number of methoxy groups -OCH3 is 1. The highest BCUT2D eigenvalue weighted by atomic mass is 16.6. The molecule has 376 valence electrons. The molecule has 1 atom stereocenters. The van der Waals surface area contributed by atoms with Crippen LogP contribution in [0.3, 0.4) is 0 Å². The normalized spacial score (nSPS) is 11.1. The van der Waals surface area contributed by atoms with Crippen LogP contribution in [0.25, 0.3) is 21.5 Å². The fourth-order valence-electron chi connectivity index (χ4n) is 5.42. The number of esters is 8. The average molecular weight is 981 g/mol. The molecule has 0 bridgehead atoms. The van der Waals surface area contributed by atoms with Gasteiger partial charge in [0.1, 0.15) is 42.8 Å². The molecule has 0 aliphatic rings. The smallest absolute Gasteiger partial charge is 0.343 e. The first kappa shape index (κ1) is 58.6. The van der Waals surface area contributed by atoms with Crippen LogP contribution < -0.4 is 9.47 Å². The van der Waals surface area contributed by atoms with E-state index in [0.29, 0.717) is 21.5 Å². The van der Waals surface area contributed by atoms with Gasteiger partial charge in [-0.3, -0.25) is 19.2 Å². The largest absolute Gasteiger partial charge is 0.466 e. The lowest BCUT2D eigenvalue weighted by molar-refractivity contribution is -0.153. The Morgan fingerprint density at radius 2 is 1.04 bits per heavy atom. The van der Waals surface area contributed by atoms with Crippen LogP contribution in [-0.4, -0.2) is 92.7 Å². The highest BCUT2D eigenvalue weighted by molar-refractivity contribution is 5.97. The Balaban J connectivity index is 0.00000200. The number of hydrogen-bond acceptors (Lipinski definition) is 18. The molecule has 0 saturated carbocycles. The van der Waals surface area contributed by atoms with Gasteiger partial charge in [0.15, 0.2) is 6.29 Å². The zero-order chi connectivity index (χ0) is 52.7. The van der Waals surface area contributed by atoms with Crippen molar-refractivity contribution in [1.82, 2.24) is 0 Å². The first-order chi connectivity index (χ1) is 34.1. The molecule has 1 unspecified atom stereocenters. The third kappa shape index (κ3) is 22.5. The van der Waals surface area contributed by atoms with Crippen LogP contribution in [-0.2, 0) is 61.9 Å². The average Bonchev–Trinajstić information content (AvgIpc) is 3.38. The topological polar surface area (TPSA) is 240 Å². The quantitative estimate of drug-likeness (QED) is 0.00803. The van der Waals surface area contributed by atoms with Gasteiger partial charge >= 0.3 is 47.8 Å². The van der Waals surface area contributed by atoms with E-state index >= 15 is 0 Å². The number of rotatable bonds is 24. The van der Waals surface area contributed by atoms with Gasteiger partial charge in [-0.05, 0) is 95.2 Å². The summed E-state index contributed by atoms with van der Waals surface area (Å²) in [6.45, 7) is 19.0. The van der Waals surface area contributed by atoms with Crippen molar-refractivity contribution in [1.29, 1.82) is 0 Å². The molecule has 0 amide bonds. The van der Waals surface area contributed by atoms with Gasteiger partial charge in [0, 0.05) is 25.0 Å². The second-order valence-corrected chi connectivity index (χ2v) is 14.0. The Bertz CT molecular complexity index is 2600. The van der Waals surface area contributed by atoms with Crippen molar-refractivity contribution in [2.24, 2.45) is 0 Å². The Kier molecular flexibility index (Phi) is 26.7. The van der Waals surface area contributed by atoms with Gasteiger partial charge in [-0.1, -0.05) is 50.9 Å². The molecule has 71 heavy (non-hydrogen) atoms. The van der Waals surface area contributed by atoms with Crippen molar-refractivity contribution in [2.75, 3.05) is 33.5 Å². The van der Waals surface area contributed by atoms with Crippen LogP contribution in [0.5, 0.6) is 11.5 Å². The fraction of sp³-hybridized carbons (Fsp3) is 0.245. The summed E-state index contributed by atoms with van der Waals surface area (Å²) in [7, 11) is 1.31. The molecular weight excluding hydrogens is 925 g/mol. The lowest BCUT2D eigenvalue weighted by Gasteiger charge is -2.12. The number of hydrogen-bond donors (Lipinski definition) is 1. The molecule has 18 heteroatoms. The molecule has 18 nitrogen and oxygen atoms in total. The van der Waals surface area contributed by atoms with Crippen LogP contribution >= 0.6 is 0 Å². The maximum Gasteiger partial charge on any atom is 0.343 e. The lowest BCUT2D eigenvalue weighted by Crippen LogP contribution is -2.19. The summed E-state index contributed by atoms with van der Waals surface area (Å²) in [4.78, 5) is 94.5. The van der Waals surface area contributed by atoms with E-state index in [-0.39, 0.29) is 92.7 Å². The van der Waals surface area contributed by atoms with Gasteiger partial charge in [0.25, 0.3) is 0 Å². The number of carbonyl (C=O) groups excluding carboxylic acids is 8. The van der Waals surface area contributed by atoms with Crippen molar-refractivity contribution in [3.8, 4) is 11.5 Å². The monoisotopic (exact) mass is 980 g/mol. The molecule has 0 radical (unpaired) electrons. The van der Waals surface area contributed by atoms with Crippen molar-refractivity contribution in [3.05, 3.63) is 159 Å². The third-order valence-electron chi connectivity index (χ3n) is 8.91. The molecule has 4 aromatic carbocycles. The maximum absolute atomic E-state index is 13.0. The standard InChI is InChI=1S/C47H46O16.C4H6O2.C2H4/c1-5-37(63-47(55)36-12-10-34-29-39(17-14-32(34)27-36)62-45(53)21-19-43(51)59-25-23-57-41(49)7-3)15-8-30(4)60-46(54)35-11-9-33-28-38(16-13-31(33)26-35)61-44(52)20-18-42(50)58-24-22-56-40(48)6-2;1-3-4(5)6-2;1-2/h5,7-17,26-29,43,51H,1,3,6,18-25H2,2,4H3;3H,1H2,2H3;1-2H2/b30-8+,37-15+;;. The summed E-state index contributed by atoms with van der Waals surface area (Å²) in [5.74, 6) is -3.86. The SMILES string of the molecule is C=C.C=CC(=O)OC.C=CC(=O)OCCOC(O)CCC(=O)Oc1ccc2cc(C(=O)O/C(C=C)=C/C=C(\C)OC(=O)c3ccc4cc(OC(=O)CCC(=O)OCCOC(=O)CC)ccc4c3)ccc2c1. The summed E-state index contributed by atoms with van der Waals surface area (Å²) < 4.78 is 45.5. The van der Waals surface area contributed by atoms with Crippen molar-refractivity contribution < 1.29 is 86.1 Å². The Morgan fingerprint density at radius 3 is 1.55 bits per heavy atom. The van der Waals surface area contributed by atoms with E-state index in [1.165, 1.54) is 31.4 Å². The number of benzene rings is 4. The molecule has 0 aliphatic heterocycles. The van der Waals surface area contributed by atoms with E-state index in [2.05, 4.69) is 37.6 Å². The van der Waals surface area contributed by atoms with E-state index in [4.69, 9.17) is 37.9 Å². The van der Waals surface area contributed by atoms with Gasteiger partial charge in [-0.15, -0.1) is 13.2 Å². The second kappa shape index (κ2) is 32.3. The van der Waals surface area contributed by atoms with E-state index in [9.17, 15) is 43.5 Å². The van der Waals surface area contributed by atoms with Gasteiger partial charge in [-0.2, -0.15) is 0 Å². The summed E-state index contributed by atoms with van der Waals surface area (Å²) >= 11 is 0. The second-order valence-electron chi connectivity index (χ2n) is 14.0. The number of aliphatic hydroxyl groups is 1. The van der Waals surface area contributed by atoms with Crippen molar-refractivity contribution in [2.45, 2.75) is 52.2 Å². The van der Waals surface area contributed by atoms with E-state index < -0.39 is 54.0 Å². The zero-order valence-corrected chi connectivity index (χ0v) is 39.7. The number of fused-ring (bicyclic) bond motifs is 2. The molecule has 0 heterocycles. The van der Waals surface area contributed by atoms with Gasteiger partial charge in [0.2, 0.25) is 0 Å². The first-order valence-electron chi connectivity index (χ1n) is 21.6. The highest BCUT2D eigenvalue weighted by Crippen LogP contribution is 2.25. The van der Waals surface area contributed by atoms with Crippen molar-refractivity contribution >= 4 is 69.3 Å². The van der Waals surface area contributed by atoms with Crippen molar-refractivity contribution in [3.63, 3.8) is 0 Å². The van der Waals surface area contributed by atoms with Crippen LogP contribution in [0, 0.1) is 0 Å². The van der Waals surface area contributed by atoms with Gasteiger partial charge in [0.05, 0.1) is 44.1 Å². The summed E-state index contributed by atoms with van der Waals surface area (Å²) in [5, 5.41) is 12.6. The minimum absolute atomic E-state index is 0.0394. The summed E-state index contributed by atoms with van der Waals surface area (Å²) in [6, 6.07) is 19.3. The number of aliphatic hydroxyl groups excluding tert-OH is 1. The summed E-state index contributed by atoms with van der Waals surface area (Å²) in [5.41, 5.74) is 0.470. The molecule has 0 saturated heterocycles. The molecule has 0 aromatic heterocycles. The minimum Gasteiger partial charge on any atom is -0.466 e. The van der Waals surface area contributed by atoms with Gasteiger partial charge in [-0.25, -0.2) is 19.2 Å². The maximum atomic E-state index is 13.0. The molecule has 0 fully saturated rings. The zero-order valence-electron chi connectivity index (χ0n) is 39.7.